The molecule has 0 spiro atoms. The minimum Gasteiger partial charge on any atom is -0.338 e. The quantitative estimate of drug-likeness (QED) is 0.511. The Morgan fingerprint density at radius 1 is 1.33 bits per heavy atom. The maximum atomic E-state index is 11.6. The Hall–Kier alpha value is -0.990. The van der Waals surface area contributed by atoms with E-state index in [9.17, 15) is 4.79 Å². The Bertz CT molecular complexity index is 202. The van der Waals surface area contributed by atoms with Crippen LogP contribution >= 0.6 is 0 Å². The summed E-state index contributed by atoms with van der Waals surface area (Å²) < 4.78 is 0. The largest absolute Gasteiger partial charge is 0.338 e. The van der Waals surface area contributed by atoms with Gasteiger partial charge in [0.1, 0.15) is 0 Å². The number of hydrogen-bond donors (Lipinski definition) is 1. The van der Waals surface area contributed by atoms with Gasteiger partial charge >= 0.3 is 6.03 Å². The average molecular weight is 212 g/mol. The maximum Gasteiger partial charge on any atom is 0.317 e. The van der Waals surface area contributed by atoms with Crippen LogP contribution < -0.4 is 5.32 Å². The van der Waals surface area contributed by atoms with E-state index in [4.69, 9.17) is 0 Å². The first-order valence-electron chi connectivity index (χ1n) is 5.79. The second kappa shape index (κ2) is 8.33. The third kappa shape index (κ3) is 7.00. The van der Waals surface area contributed by atoms with Crippen molar-refractivity contribution in [2.75, 3.05) is 19.6 Å². The lowest BCUT2D eigenvalue weighted by atomic mass is 10.2. The number of likely N-dealkylation sites (N-methyl/N-ethyl adjacent to an activating group) is 1. The van der Waals surface area contributed by atoms with E-state index in [1.807, 2.05) is 13.8 Å². The molecular formula is C12H24N2O. The molecule has 0 aliphatic rings. The number of carbonyl (C=O) groups excluding carboxylic acids is 1. The Morgan fingerprint density at radius 2 is 2.00 bits per heavy atom. The van der Waals surface area contributed by atoms with Gasteiger partial charge in [0, 0.05) is 19.6 Å². The molecule has 15 heavy (non-hydrogen) atoms. The molecule has 0 heterocycles. The average Bonchev–Trinajstić information content (AvgIpc) is 2.20. The Balaban J connectivity index is 3.78. The zero-order valence-electron chi connectivity index (χ0n) is 10.3. The minimum absolute atomic E-state index is 0.0246. The van der Waals surface area contributed by atoms with E-state index in [1.54, 1.807) is 4.90 Å². The van der Waals surface area contributed by atoms with Crippen LogP contribution in [0.25, 0.3) is 0 Å². The highest BCUT2D eigenvalue weighted by atomic mass is 16.2. The molecule has 0 aromatic rings. The molecule has 0 bridgehead atoms. The zero-order chi connectivity index (χ0) is 11.7. The second-order valence-corrected chi connectivity index (χ2v) is 3.91. The van der Waals surface area contributed by atoms with Crippen LogP contribution in [0, 0.1) is 0 Å². The lowest BCUT2D eigenvalue weighted by Crippen LogP contribution is -2.40. The lowest BCUT2D eigenvalue weighted by Gasteiger charge is -2.21. The molecule has 0 radical (unpaired) electrons. The fraction of sp³-hybridized carbons (Fsp3) is 0.750. The summed E-state index contributed by atoms with van der Waals surface area (Å²) in [4.78, 5) is 13.4. The molecule has 0 fully saturated rings. The van der Waals surface area contributed by atoms with Crippen molar-refractivity contribution in [3.8, 4) is 0 Å². The van der Waals surface area contributed by atoms with Gasteiger partial charge in [-0.1, -0.05) is 31.9 Å². The predicted molar refractivity (Wildman–Crippen MR) is 65.0 cm³/mol. The number of rotatable bonds is 7. The third-order valence-electron chi connectivity index (χ3n) is 2.19. The van der Waals surface area contributed by atoms with Crippen LogP contribution in [0.15, 0.2) is 12.2 Å². The van der Waals surface area contributed by atoms with Gasteiger partial charge < -0.3 is 10.2 Å². The first-order valence-corrected chi connectivity index (χ1v) is 5.79. The van der Waals surface area contributed by atoms with Crippen LogP contribution in [0.3, 0.4) is 0 Å². The van der Waals surface area contributed by atoms with E-state index in [-0.39, 0.29) is 6.03 Å². The number of carbonyl (C=O) groups is 1. The highest BCUT2D eigenvalue weighted by molar-refractivity contribution is 5.74. The highest BCUT2D eigenvalue weighted by Gasteiger charge is 2.09. The normalized spacial score (nSPS) is 9.80. The summed E-state index contributed by atoms with van der Waals surface area (Å²) in [6.45, 7) is 12.0. The van der Waals surface area contributed by atoms with Crippen molar-refractivity contribution in [2.45, 2.75) is 40.0 Å². The molecular weight excluding hydrogens is 188 g/mol. The number of amides is 2. The van der Waals surface area contributed by atoms with E-state index in [2.05, 4.69) is 18.8 Å². The van der Waals surface area contributed by atoms with E-state index in [0.29, 0.717) is 6.54 Å². The van der Waals surface area contributed by atoms with Crippen molar-refractivity contribution in [3.63, 3.8) is 0 Å². The van der Waals surface area contributed by atoms with Crippen LogP contribution in [0.5, 0.6) is 0 Å². The summed E-state index contributed by atoms with van der Waals surface area (Å²) in [6.07, 6.45) is 3.42. The molecule has 2 amide bonds. The minimum atomic E-state index is 0.0246. The number of nitrogens with one attached hydrogen (secondary N) is 1. The molecule has 0 rings (SSSR count). The van der Waals surface area contributed by atoms with Gasteiger partial charge in [-0.25, -0.2) is 4.79 Å². The molecule has 0 atom stereocenters. The molecule has 0 saturated heterocycles. The first kappa shape index (κ1) is 14.0. The highest BCUT2D eigenvalue weighted by Crippen LogP contribution is 1.97. The van der Waals surface area contributed by atoms with Crippen LogP contribution in [-0.4, -0.2) is 30.6 Å². The monoisotopic (exact) mass is 212 g/mol. The van der Waals surface area contributed by atoms with Gasteiger partial charge in [0.05, 0.1) is 0 Å². The smallest absolute Gasteiger partial charge is 0.317 e. The molecule has 0 aromatic carbocycles. The summed E-state index contributed by atoms with van der Waals surface area (Å²) >= 11 is 0. The number of unbranched alkanes of at least 4 members (excludes halogenated alkanes) is 2. The van der Waals surface area contributed by atoms with Crippen molar-refractivity contribution in [1.82, 2.24) is 10.2 Å². The standard InChI is InChI=1S/C12H24N2O/c1-5-7-8-9-13-12(15)14(6-2)10-11(3)4/h3,5-10H2,1-2,4H3,(H,13,15). The van der Waals surface area contributed by atoms with Crippen LogP contribution in [-0.2, 0) is 0 Å². The summed E-state index contributed by atoms with van der Waals surface area (Å²) in [7, 11) is 0. The van der Waals surface area contributed by atoms with Gasteiger partial charge in [0.25, 0.3) is 0 Å². The molecule has 0 saturated carbocycles. The van der Waals surface area contributed by atoms with Crippen LogP contribution in [0.2, 0.25) is 0 Å². The second-order valence-electron chi connectivity index (χ2n) is 3.91. The number of urea groups is 1. The third-order valence-corrected chi connectivity index (χ3v) is 2.19. The van der Waals surface area contributed by atoms with Gasteiger partial charge in [0.2, 0.25) is 0 Å². The molecule has 88 valence electrons. The number of nitrogens with zero attached hydrogens (tertiary/aromatic N) is 1. The molecule has 3 heteroatoms. The fourth-order valence-corrected chi connectivity index (χ4v) is 1.34. The van der Waals surface area contributed by atoms with Crippen molar-refractivity contribution < 1.29 is 4.79 Å². The molecule has 0 aromatic heterocycles. The molecule has 1 N–H and O–H groups in total. The van der Waals surface area contributed by atoms with E-state index in [1.165, 1.54) is 12.8 Å². The van der Waals surface area contributed by atoms with Gasteiger partial charge in [-0.15, -0.1) is 0 Å². The first-order chi connectivity index (χ1) is 7.11. The summed E-state index contributed by atoms with van der Waals surface area (Å²) in [6, 6.07) is 0.0246. The lowest BCUT2D eigenvalue weighted by molar-refractivity contribution is 0.204. The topological polar surface area (TPSA) is 32.3 Å². The van der Waals surface area contributed by atoms with Crippen LogP contribution in [0.4, 0.5) is 4.79 Å². The van der Waals surface area contributed by atoms with Crippen molar-refractivity contribution in [3.05, 3.63) is 12.2 Å². The summed E-state index contributed by atoms with van der Waals surface area (Å²) in [5.41, 5.74) is 1.01. The molecule has 0 aliphatic heterocycles. The zero-order valence-corrected chi connectivity index (χ0v) is 10.3. The Kier molecular flexibility index (Phi) is 7.78. The Morgan fingerprint density at radius 3 is 2.47 bits per heavy atom. The van der Waals surface area contributed by atoms with Crippen molar-refractivity contribution in [2.24, 2.45) is 0 Å². The summed E-state index contributed by atoms with van der Waals surface area (Å²) in [5.74, 6) is 0. The van der Waals surface area contributed by atoms with E-state index >= 15 is 0 Å². The van der Waals surface area contributed by atoms with E-state index in [0.717, 1.165) is 25.1 Å². The fourth-order valence-electron chi connectivity index (χ4n) is 1.34. The van der Waals surface area contributed by atoms with Gasteiger partial charge in [0.15, 0.2) is 0 Å². The maximum absolute atomic E-state index is 11.6. The molecule has 0 unspecified atom stereocenters. The van der Waals surface area contributed by atoms with Gasteiger partial charge in [-0.3, -0.25) is 0 Å². The van der Waals surface area contributed by atoms with Crippen LogP contribution in [0.1, 0.15) is 40.0 Å². The number of hydrogen-bond acceptors (Lipinski definition) is 1. The SMILES string of the molecule is C=C(C)CN(CC)C(=O)NCCCCC. The predicted octanol–water partition coefficient (Wildman–Crippen LogP) is 2.78. The van der Waals surface area contributed by atoms with Crippen molar-refractivity contribution >= 4 is 6.03 Å². The van der Waals surface area contributed by atoms with E-state index < -0.39 is 0 Å². The van der Waals surface area contributed by atoms with Gasteiger partial charge in [-0.05, 0) is 20.3 Å². The molecule has 0 aliphatic carbocycles. The van der Waals surface area contributed by atoms with Crippen molar-refractivity contribution in [1.29, 1.82) is 0 Å². The molecule has 3 nitrogen and oxygen atoms in total. The Labute approximate surface area is 93.5 Å². The van der Waals surface area contributed by atoms with Gasteiger partial charge in [-0.2, -0.15) is 0 Å². The summed E-state index contributed by atoms with van der Waals surface area (Å²) in [5, 5.41) is 2.92.